The molecular formula is C29H35N3O4. The van der Waals surface area contributed by atoms with Crippen molar-refractivity contribution < 1.29 is 19.1 Å². The predicted octanol–water partition coefficient (Wildman–Crippen LogP) is 4.25. The minimum atomic E-state index is -0.655. The molecule has 1 aliphatic carbocycles. The van der Waals surface area contributed by atoms with E-state index in [4.69, 9.17) is 9.47 Å². The number of para-hydroxylation sites is 1. The maximum absolute atomic E-state index is 13.5. The minimum absolute atomic E-state index is 0.127. The van der Waals surface area contributed by atoms with E-state index in [0.29, 0.717) is 26.2 Å². The molecule has 2 aromatic carbocycles. The number of rotatable bonds is 8. The van der Waals surface area contributed by atoms with Gasteiger partial charge in [-0.15, -0.1) is 0 Å². The van der Waals surface area contributed by atoms with Gasteiger partial charge in [-0.25, -0.2) is 0 Å². The number of aromatic nitrogens is 1. The highest BCUT2D eigenvalue weighted by molar-refractivity contribution is 5.90. The summed E-state index contributed by atoms with van der Waals surface area (Å²) < 4.78 is 11.5. The van der Waals surface area contributed by atoms with Crippen LogP contribution < -0.4 is 20.1 Å². The number of hydrogen-bond donors (Lipinski definition) is 3. The molecule has 3 aromatic rings. The van der Waals surface area contributed by atoms with Gasteiger partial charge in [0.25, 0.3) is 0 Å². The largest absolute Gasteiger partial charge is 0.486 e. The molecule has 0 saturated heterocycles. The molecule has 5 rings (SSSR count). The monoisotopic (exact) mass is 489 g/mol. The van der Waals surface area contributed by atoms with Gasteiger partial charge < -0.3 is 25.1 Å². The van der Waals surface area contributed by atoms with Crippen LogP contribution in [0.15, 0.2) is 48.7 Å². The third-order valence-electron chi connectivity index (χ3n) is 7.57. The van der Waals surface area contributed by atoms with E-state index < -0.39 is 6.04 Å². The van der Waals surface area contributed by atoms with E-state index >= 15 is 0 Å². The van der Waals surface area contributed by atoms with Crippen molar-refractivity contribution in [3.05, 3.63) is 59.8 Å². The number of hydrogen-bond acceptors (Lipinski definition) is 4. The van der Waals surface area contributed by atoms with Crippen LogP contribution in [0.1, 0.15) is 50.7 Å². The molecule has 2 heterocycles. The molecule has 2 amide bonds. The summed E-state index contributed by atoms with van der Waals surface area (Å²) in [6.45, 7) is 5.31. The van der Waals surface area contributed by atoms with Crippen LogP contribution in [0.5, 0.6) is 11.5 Å². The number of amides is 2. The SMILES string of the molecule is CC(C)C(=O)NC(Cc1c[nH]c2ccccc12)C(=O)NCC1(c2ccc3c(c2)OCCO3)CCCC1. The Hall–Kier alpha value is -3.48. The van der Waals surface area contributed by atoms with Crippen molar-refractivity contribution in [2.45, 2.75) is 57.4 Å². The number of nitrogens with one attached hydrogen (secondary N) is 3. The van der Waals surface area contributed by atoms with Gasteiger partial charge in [0, 0.05) is 41.4 Å². The van der Waals surface area contributed by atoms with Gasteiger partial charge in [0.05, 0.1) is 0 Å². The summed E-state index contributed by atoms with van der Waals surface area (Å²) in [7, 11) is 0. The molecule has 0 radical (unpaired) electrons. The van der Waals surface area contributed by atoms with Gasteiger partial charge in [-0.1, -0.05) is 51.0 Å². The summed E-state index contributed by atoms with van der Waals surface area (Å²) in [6.07, 6.45) is 6.59. The first-order valence-corrected chi connectivity index (χ1v) is 13.0. The Balaban J connectivity index is 1.35. The van der Waals surface area contributed by atoms with Crippen LogP contribution in [-0.2, 0) is 21.4 Å². The molecule has 1 aromatic heterocycles. The van der Waals surface area contributed by atoms with E-state index in [1.54, 1.807) is 0 Å². The summed E-state index contributed by atoms with van der Waals surface area (Å²) in [5, 5.41) is 7.27. The van der Waals surface area contributed by atoms with Crippen LogP contribution in [0.25, 0.3) is 10.9 Å². The van der Waals surface area contributed by atoms with E-state index in [9.17, 15) is 9.59 Å². The summed E-state index contributed by atoms with van der Waals surface area (Å²) in [4.78, 5) is 29.4. The third kappa shape index (κ3) is 4.92. The second kappa shape index (κ2) is 10.2. The topological polar surface area (TPSA) is 92.5 Å². The van der Waals surface area contributed by atoms with Gasteiger partial charge in [0.15, 0.2) is 11.5 Å². The second-order valence-corrected chi connectivity index (χ2v) is 10.3. The Morgan fingerprint density at radius 1 is 1.00 bits per heavy atom. The van der Waals surface area contributed by atoms with Crippen molar-refractivity contribution in [1.29, 1.82) is 0 Å². The number of carbonyl (C=O) groups is 2. The predicted molar refractivity (Wildman–Crippen MR) is 139 cm³/mol. The quantitative estimate of drug-likeness (QED) is 0.441. The number of benzene rings is 2. The highest BCUT2D eigenvalue weighted by Crippen LogP contribution is 2.43. The molecule has 2 aliphatic rings. The van der Waals surface area contributed by atoms with Crippen LogP contribution in [0.3, 0.4) is 0 Å². The first-order valence-electron chi connectivity index (χ1n) is 13.0. The van der Waals surface area contributed by atoms with Crippen molar-refractivity contribution in [1.82, 2.24) is 15.6 Å². The lowest BCUT2D eigenvalue weighted by Crippen LogP contribution is -2.51. The lowest BCUT2D eigenvalue weighted by atomic mass is 9.78. The molecule has 0 bridgehead atoms. The van der Waals surface area contributed by atoms with Crippen LogP contribution in [0.4, 0.5) is 0 Å². The molecule has 1 aliphatic heterocycles. The van der Waals surface area contributed by atoms with E-state index in [1.165, 1.54) is 5.56 Å². The molecule has 190 valence electrons. The van der Waals surface area contributed by atoms with E-state index in [1.807, 2.05) is 50.4 Å². The molecule has 1 saturated carbocycles. The summed E-state index contributed by atoms with van der Waals surface area (Å²) in [6, 6.07) is 13.5. The normalized spacial score (nSPS) is 17.2. The fraction of sp³-hybridized carbons (Fsp3) is 0.448. The minimum Gasteiger partial charge on any atom is -0.486 e. The number of aromatic amines is 1. The van der Waals surface area contributed by atoms with E-state index in [2.05, 4.69) is 27.8 Å². The number of ether oxygens (including phenoxy) is 2. The molecule has 1 fully saturated rings. The molecule has 0 spiro atoms. The van der Waals surface area contributed by atoms with Gasteiger partial charge in [-0.2, -0.15) is 0 Å². The Bertz CT molecular complexity index is 1240. The standard InChI is InChI=1S/C29H35N3O4/c1-19(2)27(33)32-24(15-20-17-30-23-8-4-3-7-22(20)23)28(34)31-18-29(11-5-6-12-29)21-9-10-25-26(16-21)36-14-13-35-25/h3-4,7-10,16-17,19,24,30H,5-6,11-15,18H2,1-2H3,(H,31,34)(H,32,33). The van der Waals surface area contributed by atoms with Gasteiger partial charge in [-0.3, -0.25) is 9.59 Å². The summed E-state index contributed by atoms with van der Waals surface area (Å²) >= 11 is 0. The van der Waals surface area contributed by atoms with Crippen molar-refractivity contribution in [2.75, 3.05) is 19.8 Å². The van der Waals surface area contributed by atoms with E-state index in [0.717, 1.165) is 53.6 Å². The van der Waals surface area contributed by atoms with Crippen molar-refractivity contribution >= 4 is 22.7 Å². The first-order chi connectivity index (χ1) is 17.4. The average Bonchev–Trinajstić information content (AvgIpc) is 3.55. The van der Waals surface area contributed by atoms with Crippen LogP contribution in [0.2, 0.25) is 0 Å². The fourth-order valence-corrected chi connectivity index (χ4v) is 5.44. The number of carbonyl (C=O) groups excluding carboxylic acids is 2. The Morgan fingerprint density at radius 3 is 2.53 bits per heavy atom. The Morgan fingerprint density at radius 2 is 1.75 bits per heavy atom. The average molecular weight is 490 g/mol. The van der Waals surface area contributed by atoms with Gasteiger partial charge >= 0.3 is 0 Å². The van der Waals surface area contributed by atoms with Gasteiger partial charge in [-0.05, 0) is 42.2 Å². The molecule has 7 heteroatoms. The molecule has 7 nitrogen and oxygen atoms in total. The van der Waals surface area contributed by atoms with Crippen LogP contribution >= 0.6 is 0 Å². The second-order valence-electron chi connectivity index (χ2n) is 10.3. The third-order valence-corrected chi connectivity index (χ3v) is 7.57. The van der Waals surface area contributed by atoms with Crippen molar-refractivity contribution in [3.63, 3.8) is 0 Å². The molecule has 3 N–H and O–H groups in total. The maximum atomic E-state index is 13.5. The van der Waals surface area contributed by atoms with Crippen LogP contribution in [-0.4, -0.2) is 42.6 Å². The van der Waals surface area contributed by atoms with Crippen molar-refractivity contribution in [3.8, 4) is 11.5 Å². The fourth-order valence-electron chi connectivity index (χ4n) is 5.44. The Labute approximate surface area is 211 Å². The zero-order chi connectivity index (χ0) is 25.1. The maximum Gasteiger partial charge on any atom is 0.242 e. The lowest BCUT2D eigenvalue weighted by molar-refractivity contribution is -0.130. The molecule has 1 atom stereocenters. The zero-order valence-corrected chi connectivity index (χ0v) is 21.1. The van der Waals surface area contributed by atoms with Crippen molar-refractivity contribution in [2.24, 2.45) is 5.92 Å². The molecular weight excluding hydrogens is 454 g/mol. The smallest absolute Gasteiger partial charge is 0.242 e. The molecule has 1 unspecified atom stereocenters. The zero-order valence-electron chi connectivity index (χ0n) is 21.1. The Kier molecular flexibility index (Phi) is 6.90. The lowest BCUT2D eigenvalue weighted by Gasteiger charge is -2.32. The van der Waals surface area contributed by atoms with E-state index in [-0.39, 0.29) is 23.1 Å². The summed E-state index contributed by atoms with van der Waals surface area (Å²) in [5.74, 6) is 1.06. The van der Waals surface area contributed by atoms with Crippen LogP contribution in [0, 0.1) is 5.92 Å². The number of fused-ring (bicyclic) bond motifs is 2. The van der Waals surface area contributed by atoms with Gasteiger partial charge in [0.1, 0.15) is 19.3 Å². The summed E-state index contributed by atoms with van der Waals surface area (Å²) in [5.41, 5.74) is 3.05. The number of H-pyrrole nitrogens is 1. The first kappa shape index (κ1) is 24.2. The van der Waals surface area contributed by atoms with Gasteiger partial charge in [0.2, 0.25) is 11.8 Å². The highest BCUT2D eigenvalue weighted by atomic mass is 16.6. The molecule has 36 heavy (non-hydrogen) atoms. The highest BCUT2D eigenvalue weighted by Gasteiger charge is 2.37.